The first-order valence-corrected chi connectivity index (χ1v) is 10.7. The molecule has 1 aromatic heterocycles. The van der Waals surface area contributed by atoms with Crippen molar-refractivity contribution in [2.75, 3.05) is 18.5 Å². The molecule has 6 nitrogen and oxygen atoms in total. The third-order valence-corrected chi connectivity index (χ3v) is 5.21. The normalized spacial score (nSPS) is 10.5. The standard InChI is InChI=1S/C22H22ClN3O3S/c1-15(27)24-12-2-3-16-4-6-17(7-5-16)20-14-30-22(25-20)26-21(28)13-29-19-10-8-18(23)9-11-19/h4-11,14H,2-3,12-13H2,1H3,(H,24,27)(H,25,26,28). The average molecular weight is 444 g/mol. The average Bonchev–Trinajstić information content (AvgIpc) is 3.19. The van der Waals surface area contributed by atoms with Gasteiger partial charge in [0.25, 0.3) is 5.91 Å². The molecule has 0 spiro atoms. The summed E-state index contributed by atoms with van der Waals surface area (Å²) < 4.78 is 5.44. The van der Waals surface area contributed by atoms with Crippen LogP contribution in [-0.4, -0.2) is 29.9 Å². The Balaban J connectivity index is 1.48. The molecule has 0 radical (unpaired) electrons. The van der Waals surface area contributed by atoms with Crippen LogP contribution < -0.4 is 15.4 Å². The molecule has 2 N–H and O–H groups in total. The first-order valence-electron chi connectivity index (χ1n) is 9.47. The highest BCUT2D eigenvalue weighted by Crippen LogP contribution is 2.25. The number of halogens is 1. The van der Waals surface area contributed by atoms with Crippen LogP contribution in [-0.2, 0) is 16.0 Å². The largest absolute Gasteiger partial charge is 0.484 e. The smallest absolute Gasteiger partial charge is 0.264 e. The minimum atomic E-state index is -0.277. The molecular weight excluding hydrogens is 422 g/mol. The second kappa shape index (κ2) is 10.8. The van der Waals surface area contributed by atoms with E-state index in [0.717, 1.165) is 24.1 Å². The van der Waals surface area contributed by atoms with E-state index < -0.39 is 0 Å². The van der Waals surface area contributed by atoms with Crippen molar-refractivity contribution in [1.29, 1.82) is 0 Å². The molecule has 3 aromatic rings. The second-order valence-electron chi connectivity index (χ2n) is 6.61. The molecule has 2 amide bonds. The molecule has 156 valence electrons. The Kier molecular flexibility index (Phi) is 7.82. The van der Waals surface area contributed by atoms with Gasteiger partial charge in [-0.2, -0.15) is 0 Å². The molecule has 0 aliphatic rings. The Morgan fingerprint density at radius 1 is 1.10 bits per heavy atom. The maximum atomic E-state index is 12.1. The third kappa shape index (κ3) is 6.86. The van der Waals surface area contributed by atoms with E-state index in [4.69, 9.17) is 16.3 Å². The molecular formula is C22H22ClN3O3S. The maximum Gasteiger partial charge on any atom is 0.264 e. The molecule has 0 saturated carbocycles. The number of rotatable bonds is 9. The van der Waals surface area contributed by atoms with E-state index in [1.165, 1.54) is 23.8 Å². The third-order valence-electron chi connectivity index (χ3n) is 4.20. The summed E-state index contributed by atoms with van der Waals surface area (Å²) in [5.41, 5.74) is 2.99. The molecule has 3 rings (SSSR count). The summed E-state index contributed by atoms with van der Waals surface area (Å²) >= 11 is 7.19. The summed E-state index contributed by atoms with van der Waals surface area (Å²) in [4.78, 5) is 27.4. The zero-order valence-electron chi connectivity index (χ0n) is 16.5. The van der Waals surface area contributed by atoms with Gasteiger partial charge in [-0.05, 0) is 42.7 Å². The van der Waals surface area contributed by atoms with Gasteiger partial charge in [-0.1, -0.05) is 35.9 Å². The SMILES string of the molecule is CC(=O)NCCCc1ccc(-c2csc(NC(=O)COc3ccc(Cl)cc3)n2)cc1. The predicted molar refractivity (Wildman–Crippen MR) is 120 cm³/mol. The summed E-state index contributed by atoms with van der Waals surface area (Å²) in [6.07, 6.45) is 1.79. The van der Waals surface area contributed by atoms with Gasteiger partial charge in [0.15, 0.2) is 11.7 Å². The number of ether oxygens (including phenoxy) is 1. The van der Waals surface area contributed by atoms with E-state index in [-0.39, 0.29) is 18.4 Å². The Morgan fingerprint density at radius 3 is 2.53 bits per heavy atom. The van der Waals surface area contributed by atoms with Gasteiger partial charge in [-0.25, -0.2) is 4.98 Å². The van der Waals surface area contributed by atoms with Crippen molar-refractivity contribution in [3.8, 4) is 17.0 Å². The Hall–Kier alpha value is -2.90. The van der Waals surface area contributed by atoms with E-state index >= 15 is 0 Å². The van der Waals surface area contributed by atoms with Crippen molar-refractivity contribution in [1.82, 2.24) is 10.3 Å². The predicted octanol–water partition coefficient (Wildman–Crippen LogP) is 4.55. The van der Waals surface area contributed by atoms with E-state index in [2.05, 4.69) is 27.8 Å². The van der Waals surface area contributed by atoms with Gasteiger partial charge in [-0.15, -0.1) is 11.3 Å². The minimum Gasteiger partial charge on any atom is -0.484 e. The summed E-state index contributed by atoms with van der Waals surface area (Å²) in [6, 6.07) is 15.0. The van der Waals surface area contributed by atoms with Crippen LogP contribution in [0, 0.1) is 0 Å². The summed E-state index contributed by atoms with van der Waals surface area (Å²) in [5.74, 6) is 0.292. The van der Waals surface area contributed by atoms with E-state index in [1.807, 2.05) is 17.5 Å². The molecule has 0 fully saturated rings. The summed E-state index contributed by atoms with van der Waals surface area (Å²) in [7, 11) is 0. The van der Waals surface area contributed by atoms with Crippen LogP contribution in [0.1, 0.15) is 18.9 Å². The van der Waals surface area contributed by atoms with Crippen molar-refractivity contribution < 1.29 is 14.3 Å². The van der Waals surface area contributed by atoms with Crippen LogP contribution in [0.5, 0.6) is 5.75 Å². The zero-order chi connectivity index (χ0) is 21.3. The lowest BCUT2D eigenvalue weighted by Gasteiger charge is -2.05. The van der Waals surface area contributed by atoms with Gasteiger partial charge in [0.2, 0.25) is 5.91 Å². The van der Waals surface area contributed by atoms with Crippen molar-refractivity contribution in [3.05, 3.63) is 64.5 Å². The molecule has 0 atom stereocenters. The monoisotopic (exact) mass is 443 g/mol. The molecule has 0 aliphatic carbocycles. The zero-order valence-corrected chi connectivity index (χ0v) is 18.1. The van der Waals surface area contributed by atoms with Crippen LogP contribution in [0.15, 0.2) is 53.9 Å². The van der Waals surface area contributed by atoms with Crippen LogP contribution in [0.3, 0.4) is 0 Å². The number of anilines is 1. The fraction of sp³-hybridized carbons (Fsp3) is 0.227. The molecule has 2 aromatic carbocycles. The highest BCUT2D eigenvalue weighted by Gasteiger charge is 2.09. The van der Waals surface area contributed by atoms with Gasteiger partial charge in [0.1, 0.15) is 5.75 Å². The number of carbonyl (C=O) groups is 2. The fourth-order valence-electron chi connectivity index (χ4n) is 2.70. The van der Waals surface area contributed by atoms with Crippen molar-refractivity contribution in [3.63, 3.8) is 0 Å². The summed E-state index contributed by atoms with van der Waals surface area (Å²) in [5, 5.41) is 8.58. The molecule has 0 aliphatic heterocycles. The molecule has 0 saturated heterocycles. The highest BCUT2D eigenvalue weighted by molar-refractivity contribution is 7.14. The first-order chi connectivity index (χ1) is 14.5. The van der Waals surface area contributed by atoms with Gasteiger partial charge in [-0.3, -0.25) is 14.9 Å². The molecule has 0 unspecified atom stereocenters. The van der Waals surface area contributed by atoms with E-state index in [1.54, 1.807) is 24.3 Å². The highest BCUT2D eigenvalue weighted by atomic mass is 35.5. The number of carbonyl (C=O) groups excluding carboxylic acids is 2. The van der Waals surface area contributed by atoms with Crippen LogP contribution in [0.2, 0.25) is 5.02 Å². The molecule has 0 bridgehead atoms. The Bertz CT molecular complexity index is 988. The second-order valence-corrected chi connectivity index (χ2v) is 7.91. The number of benzene rings is 2. The number of hydrogen-bond acceptors (Lipinski definition) is 5. The Labute approximate surface area is 184 Å². The topological polar surface area (TPSA) is 80.3 Å². The summed E-state index contributed by atoms with van der Waals surface area (Å²) in [6.45, 7) is 2.09. The molecule has 30 heavy (non-hydrogen) atoms. The van der Waals surface area contributed by atoms with Gasteiger partial charge < -0.3 is 10.1 Å². The van der Waals surface area contributed by atoms with Crippen LogP contribution >= 0.6 is 22.9 Å². The Morgan fingerprint density at radius 2 is 1.83 bits per heavy atom. The number of nitrogens with one attached hydrogen (secondary N) is 2. The van der Waals surface area contributed by atoms with Crippen molar-refractivity contribution >= 4 is 39.9 Å². The van der Waals surface area contributed by atoms with Gasteiger partial charge in [0.05, 0.1) is 5.69 Å². The minimum absolute atomic E-state index is 0.00619. The number of aromatic nitrogens is 1. The van der Waals surface area contributed by atoms with Crippen molar-refractivity contribution in [2.24, 2.45) is 0 Å². The maximum absolute atomic E-state index is 12.1. The van der Waals surface area contributed by atoms with Crippen LogP contribution in [0.4, 0.5) is 5.13 Å². The van der Waals surface area contributed by atoms with Crippen LogP contribution in [0.25, 0.3) is 11.3 Å². The fourth-order valence-corrected chi connectivity index (χ4v) is 3.56. The van der Waals surface area contributed by atoms with E-state index in [9.17, 15) is 9.59 Å². The molecule has 1 heterocycles. The number of amides is 2. The lowest BCUT2D eigenvalue weighted by molar-refractivity contribution is -0.119. The lowest BCUT2D eigenvalue weighted by atomic mass is 10.1. The van der Waals surface area contributed by atoms with Crippen molar-refractivity contribution in [2.45, 2.75) is 19.8 Å². The number of hydrogen-bond donors (Lipinski definition) is 2. The molecule has 8 heteroatoms. The lowest BCUT2D eigenvalue weighted by Crippen LogP contribution is -2.21. The van der Waals surface area contributed by atoms with Gasteiger partial charge in [0, 0.05) is 29.4 Å². The number of nitrogens with zero attached hydrogens (tertiary/aromatic N) is 1. The van der Waals surface area contributed by atoms with E-state index in [0.29, 0.717) is 22.4 Å². The van der Waals surface area contributed by atoms with Gasteiger partial charge >= 0.3 is 0 Å². The quantitative estimate of drug-likeness (QED) is 0.475. The first kappa shape index (κ1) is 21.8. The number of aryl methyl sites for hydroxylation is 1. The number of thiazole rings is 1.